The molecule has 0 fully saturated rings. The van der Waals surface area contributed by atoms with Gasteiger partial charge in [0.2, 0.25) is 0 Å². The normalized spacial score (nSPS) is 10.6. The minimum Gasteiger partial charge on any atom is -0.494 e. The van der Waals surface area contributed by atoms with E-state index in [0.717, 1.165) is 28.4 Å². The van der Waals surface area contributed by atoms with Crippen LogP contribution in [0.3, 0.4) is 0 Å². The number of carboxylic acid groups (broad SMARTS) is 1. The highest BCUT2D eigenvalue weighted by atomic mass is 16.5. The van der Waals surface area contributed by atoms with Crippen LogP contribution in [-0.2, 0) is 11.2 Å². The number of aryl methyl sites for hydroxylation is 1. The monoisotopic (exact) mass is 274 g/mol. The summed E-state index contributed by atoms with van der Waals surface area (Å²) in [6.45, 7) is 3.85. The first-order valence-corrected chi connectivity index (χ1v) is 6.45. The minimum atomic E-state index is -0.797. The molecule has 2 rings (SSSR count). The lowest BCUT2D eigenvalue weighted by molar-refractivity contribution is -0.136. The Balaban J connectivity index is 2.43. The van der Waals surface area contributed by atoms with Crippen molar-refractivity contribution < 1.29 is 14.6 Å². The van der Waals surface area contributed by atoms with Gasteiger partial charge in [-0.25, -0.2) is 4.68 Å². The van der Waals surface area contributed by atoms with Crippen molar-refractivity contribution in [3.8, 4) is 11.4 Å². The maximum absolute atomic E-state index is 10.7. The van der Waals surface area contributed by atoms with Crippen LogP contribution in [0.4, 0.5) is 0 Å². The first kappa shape index (κ1) is 14.1. The van der Waals surface area contributed by atoms with Crippen LogP contribution in [0.15, 0.2) is 24.3 Å². The standard InChI is InChI=1S/C15H18N2O3/c1-10-12(8-9-15(18)19)11(2)17(16-10)13-6-4-5-7-14(13)20-3/h4-7H,8-9H2,1-3H3,(H,18,19). The van der Waals surface area contributed by atoms with Gasteiger partial charge < -0.3 is 9.84 Å². The van der Waals surface area contributed by atoms with Crippen molar-refractivity contribution >= 4 is 5.97 Å². The van der Waals surface area contributed by atoms with Gasteiger partial charge in [-0.05, 0) is 38.0 Å². The largest absolute Gasteiger partial charge is 0.494 e. The van der Waals surface area contributed by atoms with Gasteiger partial charge in [-0.1, -0.05) is 12.1 Å². The maximum Gasteiger partial charge on any atom is 0.303 e. The Kier molecular flexibility index (Phi) is 4.08. The topological polar surface area (TPSA) is 64.4 Å². The quantitative estimate of drug-likeness (QED) is 0.910. The molecule has 106 valence electrons. The number of aliphatic carboxylic acids is 1. The second-order valence-corrected chi connectivity index (χ2v) is 4.63. The maximum atomic E-state index is 10.7. The van der Waals surface area contributed by atoms with Gasteiger partial charge >= 0.3 is 5.97 Å². The number of hydrogen-bond acceptors (Lipinski definition) is 3. The number of nitrogens with zero attached hydrogens (tertiary/aromatic N) is 2. The molecule has 0 aliphatic heterocycles. The number of carbonyl (C=O) groups is 1. The molecule has 0 bridgehead atoms. The Morgan fingerprint density at radius 1 is 1.35 bits per heavy atom. The molecule has 0 amide bonds. The summed E-state index contributed by atoms with van der Waals surface area (Å²) < 4.78 is 7.16. The Hall–Kier alpha value is -2.30. The molecule has 0 aliphatic rings. The van der Waals surface area contributed by atoms with Crippen LogP contribution >= 0.6 is 0 Å². The van der Waals surface area contributed by atoms with Crippen LogP contribution in [0, 0.1) is 13.8 Å². The third-order valence-corrected chi connectivity index (χ3v) is 3.34. The van der Waals surface area contributed by atoms with Crippen molar-refractivity contribution in [2.45, 2.75) is 26.7 Å². The SMILES string of the molecule is COc1ccccc1-n1nc(C)c(CCC(=O)O)c1C. The second kappa shape index (κ2) is 5.77. The molecule has 2 aromatic rings. The van der Waals surface area contributed by atoms with E-state index in [1.165, 1.54) is 0 Å². The molecule has 0 spiro atoms. The molecule has 0 atom stereocenters. The van der Waals surface area contributed by atoms with E-state index in [4.69, 9.17) is 9.84 Å². The van der Waals surface area contributed by atoms with E-state index in [0.29, 0.717) is 6.42 Å². The number of rotatable bonds is 5. The predicted molar refractivity (Wildman–Crippen MR) is 75.5 cm³/mol. The van der Waals surface area contributed by atoms with Crippen molar-refractivity contribution in [2.75, 3.05) is 7.11 Å². The average molecular weight is 274 g/mol. The van der Waals surface area contributed by atoms with Gasteiger partial charge in [0.05, 0.1) is 12.8 Å². The van der Waals surface area contributed by atoms with Crippen molar-refractivity contribution in [3.05, 3.63) is 41.2 Å². The fourth-order valence-electron chi connectivity index (χ4n) is 2.31. The lowest BCUT2D eigenvalue weighted by atomic mass is 10.1. The number of aromatic nitrogens is 2. The summed E-state index contributed by atoms with van der Waals surface area (Å²) in [4.78, 5) is 10.7. The zero-order chi connectivity index (χ0) is 14.7. The molecule has 5 heteroatoms. The first-order valence-electron chi connectivity index (χ1n) is 6.45. The fourth-order valence-corrected chi connectivity index (χ4v) is 2.31. The lowest BCUT2D eigenvalue weighted by Crippen LogP contribution is -2.03. The summed E-state index contributed by atoms with van der Waals surface area (Å²) in [5, 5.41) is 13.3. The van der Waals surface area contributed by atoms with E-state index in [2.05, 4.69) is 5.10 Å². The van der Waals surface area contributed by atoms with Gasteiger partial charge in [0.25, 0.3) is 0 Å². The highest BCUT2D eigenvalue weighted by Crippen LogP contribution is 2.25. The van der Waals surface area contributed by atoms with E-state index < -0.39 is 5.97 Å². The third-order valence-electron chi connectivity index (χ3n) is 3.34. The fraction of sp³-hybridized carbons (Fsp3) is 0.333. The van der Waals surface area contributed by atoms with Crippen molar-refractivity contribution in [2.24, 2.45) is 0 Å². The van der Waals surface area contributed by atoms with Crippen LogP contribution in [0.2, 0.25) is 0 Å². The highest BCUT2D eigenvalue weighted by molar-refractivity contribution is 5.67. The zero-order valence-corrected chi connectivity index (χ0v) is 11.9. The summed E-state index contributed by atoms with van der Waals surface area (Å²) in [6, 6.07) is 7.63. The Morgan fingerprint density at radius 3 is 2.70 bits per heavy atom. The van der Waals surface area contributed by atoms with Crippen molar-refractivity contribution in [3.63, 3.8) is 0 Å². The molecule has 1 aromatic carbocycles. The number of carboxylic acids is 1. The molecule has 1 aromatic heterocycles. The Morgan fingerprint density at radius 2 is 2.05 bits per heavy atom. The molecule has 5 nitrogen and oxygen atoms in total. The van der Waals surface area contributed by atoms with Crippen LogP contribution in [-0.4, -0.2) is 28.0 Å². The summed E-state index contributed by atoms with van der Waals surface area (Å²) >= 11 is 0. The molecule has 0 saturated carbocycles. The van der Waals surface area contributed by atoms with E-state index in [9.17, 15) is 4.79 Å². The first-order chi connectivity index (χ1) is 9.54. The molecule has 0 aliphatic carbocycles. The van der Waals surface area contributed by atoms with E-state index in [-0.39, 0.29) is 6.42 Å². The molecule has 1 N–H and O–H groups in total. The zero-order valence-electron chi connectivity index (χ0n) is 11.9. The molecule has 1 heterocycles. The van der Waals surface area contributed by atoms with Crippen LogP contribution < -0.4 is 4.74 Å². The average Bonchev–Trinajstić information content (AvgIpc) is 2.71. The van der Waals surface area contributed by atoms with E-state index in [1.807, 2.05) is 42.8 Å². The third kappa shape index (κ3) is 2.66. The van der Waals surface area contributed by atoms with Gasteiger partial charge in [0, 0.05) is 12.1 Å². The summed E-state index contributed by atoms with van der Waals surface area (Å²) in [6.07, 6.45) is 0.599. The van der Waals surface area contributed by atoms with E-state index in [1.54, 1.807) is 7.11 Å². The van der Waals surface area contributed by atoms with Crippen LogP contribution in [0.1, 0.15) is 23.4 Å². The van der Waals surface area contributed by atoms with Gasteiger partial charge in [-0.2, -0.15) is 5.10 Å². The number of para-hydroxylation sites is 2. The van der Waals surface area contributed by atoms with Gasteiger partial charge in [-0.3, -0.25) is 4.79 Å². The smallest absolute Gasteiger partial charge is 0.303 e. The summed E-state index contributed by atoms with van der Waals surface area (Å²) in [5.74, 6) is -0.0586. The second-order valence-electron chi connectivity index (χ2n) is 4.63. The van der Waals surface area contributed by atoms with Gasteiger partial charge in [0.1, 0.15) is 11.4 Å². The lowest BCUT2D eigenvalue weighted by Gasteiger charge is -2.10. The van der Waals surface area contributed by atoms with Crippen LogP contribution in [0.5, 0.6) is 5.75 Å². The predicted octanol–water partition coefficient (Wildman–Crippen LogP) is 2.51. The number of hydrogen-bond donors (Lipinski definition) is 1. The van der Waals surface area contributed by atoms with E-state index >= 15 is 0 Å². The van der Waals surface area contributed by atoms with Crippen molar-refractivity contribution in [1.82, 2.24) is 9.78 Å². The summed E-state index contributed by atoms with van der Waals surface area (Å²) in [5.41, 5.74) is 3.65. The van der Waals surface area contributed by atoms with Gasteiger partial charge in [-0.15, -0.1) is 0 Å². The molecule has 0 saturated heterocycles. The highest BCUT2D eigenvalue weighted by Gasteiger charge is 2.15. The molecular formula is C15H18N2O3. The minimum absolute atomic E-state index is 0.110. The molecule has 20 heavy (non-hydrogen) atoms. The Bertz CT molecular complexity index is 632. The molecule has 0 unspecified atom stereocenters. The van der Waals surface area contributed by atoms with Gasteiger partial charge in [0.15, 0.2) is 0 Å². The van der Waals surface area contributed by atoms with Crippen molar-refractivity contribution in [1.29, 1.82) is 0 Å². The number of ether oxygens (including phenoxy) is 1. The Labute approximate surface area is 117 Å². The summed E-state index contributed by atoms with van der Waals surface area (Å²) in [7, 11) is 1.62. The number of methoxy groups -OCH3 is 1. The number of benzene rings is 1. The molecular weight excluding hydrogens is 256 g/mol. The van der Waals surface area contributed by atoms with Crippen LogP contribution in [0.25, 0.3) is 5.69 Å². The molecule has 0 radical (unpaired) electrons.